The molecule has 5 nitrogen and oxygen atoms in total. The van der Waals surface area contributed by atoms with E-state index in [-0.39, 0.29) is 12.2 Å². The van der Waals surface area contributed by atoms with Gasteiger partial charge in [0.25, 0.3) is 0 Å². The van der Waals surface area contributed by atoms with Gasteiger partial charge in [-0.3, -0.25) is 0 Å². The van der Waals surface area contributed by atoms with Gasteiger partial charge in [0.05, 0.1) is 32.0 Å². The van der Waals surface area contributed by atoms with Crippen LogP contribution in [0.5, 0.6) is 0 Å². The molecule has 5 heteroatoms. The molecule has 0 aromatic rings. The molecule has 0 radical (unpaired) electrons. The van der Waals surface area contributed by atoms with Gasteiger partial charge in [0, 0.05) is 6.54 Å². The predicted octanol–water partition coefficient (Wildman–Crippen LogP) is 1.80. The molecule has 0 N–H and O–H groups in total. The number of epoxide rings is 1. The van der Waals surface area contributed by atoms with Crippen molar-refractivity contribution >= 4 is 6.09 Å². The third-order valence-corrected chi connectivity index (χ3v) is 3.00. The topological polar surface area (TPSA) is 51.3 Å². The van der Waals surface area contributed by atoms with Gasteiger partial charge in [0.1, 0.15) is 5.60 Å². The zero-order valence-electron chi connectivity index (χ0n) is 11.5. The Morgan fingerprint density at radius 3 is 2.56 bits per heavy atom. The van der Waals surface area contributed by atoms with E-state index in [4.69, 9.17) is 14.2 Å². The van der Waals surface area contributed by atoms with Crippen LogP contribution in [0, 0.1) is 0 Å². The lowest BCUT2D eigenvalue weighted by atomic mass is 10.1. The molecule has 2 fully saturated rings. The van der Waals surface area contributed by atoms with Crippen LogP contribution in [-0.2, 0) is 14.2 Å². The largest absolute Gasteiger partial charge is 0.444 e. The highest BCUT2D eigenvalue weighted by Gasteiger charge is 2.30. The van der Waals surface area contributed by atoms with Gasteiger partial charge in [-0.05, 0) is 33.6 Å². The van der Waals surface area contributed by atoms with E-state index in [0.717, 1.165) is 19.4 Å². The monoisotopic (exact) mass is 257 g/mol. The zero-order chi connectivity index (χ0) is 13.2. The molecule has 104 valence electrons. The fourth-order valence-electron chi connectivity index (χ4n) is 1.99. The van der Waals surface area contributed by atoms with Gasteiger partial charge in [0.15, 0.2) is 0 Å². The summed E-state index contributed by atoms with van der Waals surface area (Å²) in [7, 11) is 0. The van der Waals surface area contributed by atoms with Crippen LogP contribution in [0.2, 0.25) is 0 Å². The molecule has 2 atom stereocenters. The lowest BCUT2D eigenvalue weighted by molar-refractivity contribution is -0.0454. The number of rotatable bonds is 3. The van der Waals surface area contributed by atoms with Gasteiger partial charge in [-0.25, -0.2) is 4.79 Å². The predicted molar refractivity (Wildman–Crippen MR) is 66.5 cm³/mol. The fraction of sp³-hybridized carbons (Fsp3) is 0.923. The summed E-state index contributed by atoms with van der Waals surface area (Å²) >= 11 is 0. The summed E-state index contributed by atoms with van der Waals surface area (Å²) in [6.45, 7) is 8.36. The minimum Gasteiger partial charge on any atom is -0.444 e. The molecule has 2 heterocycles. The second kappa shape index (κ2) is 5.45. The summed E-state index contributed by atoms with van der Waals surface area (Å²) in [5, 5.41) is 0. The van der Waals surface area contributed by atoms with Crippen molar-refractivity contribution < 1.29 is 19.0 Å². The van der Waals surface area contributed by atoms with Gasteiger partial charge >= 0.3 is 6.09 Å². The Morgan fingerprint density at radius 1 is 1.28 bits per heavy atom. The van der Waals surface area contributed by atoms with E-state index in [1.54, 1.807) is 4.90 Å². The van der Waals surface area contributed by atoms with Gasteiger partial charge in [-0.15, -0.1) is 0 Å². The average molecular weight is 257 g/mol. The molecule has 0 spiro atoms. The molecule has 1 amide bonds. The van der Waals surface area contributed by atoms with Gasteiger partial charge < -0.3 is 19.1 Å². The quantitative estimate of drug-likeness (QED) is 0.723. The van der Waals surface area contributed by atoms with Crippen molar-refractivity contribution in [3.63, 3.8) is 0 Å². The Bertz CT molecular complexity index is 296. The number of carbonyl (C=O) groups is 1. The van der Waals surface area contributed by atoms with E-state index in [2.05, 4.69) is 0 Å². The first kappa shape index (κ1) is 13.6. The van der Waals surface area contributed by atoms with E-state index in [9.17, 15) is 4.79 Å². The van der Waals surface area contributed by atoms with E-state index >= 15 is 0 Å². The molecule has 0 saturated carbocycles. The number of hydrogen-bond acceptors (Lipinski definition) is 4. The second-order valence-corrected chi connectivity index (χ2v) is 5.95. The summed E-state index contributed by atoms with van der Waals surface area (Å²) < 4.78 is 16.2. The second-order valence-electron chi connectivity index (χ2n) is 5.95. The summed E-state index contributed by atoms with van der Waals surface area (Å²) in [5.74, 6) is 0. The van der Waals surface area contributed by atoms with Gasteiger partial charge in [-0.1, -0.05) is 0 Å². The first-order valence-electron chi connectivity index (χ1n) is 6.65. The normalized spacial score (nSPS) is 28.1. The SMILES string of the molecule is CC(C)(C)OC(=O)N1CCOC(CCC2CO2)C1. The number of ether oxygens (including phenoxy) is 3. The Kier molecular flexibility index (Phi) is 4.12. The maximum atomic E-state index is 11.9. The molecular weight excluding hydrogens is 234 g/mol. The molecule has 2 aliphatic rings. The van der Waals surface area contributed by atoms with E-state index < -0.39 is 5.60 Å². The highest BCUT2D eigenvalue weighted by atomic mass is 16.6. The Labute approximate surface area is 108 Å². The van der Waals surface area contributed by atoms with Crippen molar-refractivity contribution in [2.45, 2.75) is 51.4 Å². The van der Waals surface area contributed by atoms with E-state index in [0.29, 0.717) is 25.8 Å². The standard InChI is InChI=1S/C13H23NO4/c1-13(2,3)18-12(15)14-6-7-16-10(8-14)4-5-11-9-17-11/h10-11H,4-9H2,1-3H3. The van der Waals surface area contributed by atoms with Crippen LogP contribution >= 0.6 is 0 Å². The van der Waals surface area contributed by atoms with Crippen molar-refractivity contribution in [3.05, 3.63) is 0 Å². The summed E-state index contributed by atoms with van der Waals surface area (Å²) in [5.41, 5.74) is -0.438. The van der Waals surface area contributed by atoms with Gasteiger partial charge in [-0.2, -0.15) is 0 Å². The van der Waals surface area contributed by atoms with Crippen LogP contribution in [-0.4, -0.2) is 55.1 Å². The molecule has 0 aromatic carbocycles. The minimum absolute atomic E-state index is 0.121. The molecule has 0 aromatic heterocycles. The van der Waals surface area contributed by atoms with Crippen molar-refractivity contribution in [1.29, 1.82) is 0 Å². The fourth-order valence-corrected chi connectivity index (χ4v) is 1.99. The first-order chi connectivity index (χ1) is 8.44. The molecular formula is C13H23NO4. The zero-order valence-corrected chi connectivity index (χ0v) is 11.5. The number of morpholine rings is 1. The van der Waals surface area contributed by atoms with Crippen molar-refractivity contribution in [2.24, 2.45) is 0 Å². The van der Waals surface area contributed by atoms with Crippen molar-refractivity contribution in [1.82, 2.24) is 4.90 Å². The molecule has 2 saturated heterocycles. The minimum atomic E-state index is -0.438. The summed E-state index contributed by atoms with van der Waals surface area (Å²) in [4.78, 5) is 13.7. The average Bonchev–Trinajstić information content (AvgIpc) is 3.08. The van der Waals surface area contributed by atoms with Crippen LogP contribution < -0.4 is 0 Å². The van der Waals surface area contributed by atoms with Crippen molar-refractivity contribution in [3.8, 4) is 0 Å². The van der Waals surface area contributed by atoms with E-state index in [1.165, 1.54) is 0 Å². The van der Waals surface area contributed by atoms with Crippen LogP contribution in [0.1, 0.15) is 33.6 Å². The Balaban J connectivity index is 1.76. The Morgan fingerprint density at radius 2 is 1.94 bits per heavy atom. The van der Waals surface area contributed by atoms with Crippen LogP contribution in [0.15, 0.2) is 0 Å². The van der Waals surface area contributed by atoms with Crippen LogP contribution in [0.3, 0.4) is 0 Å². The molecule has 18 heavy (non-hydrogen) atoms. The van der Waals surface area contributed by atoms with Crippen LogP contribution in [0.4, 0.5) is 4.79 Å². The highest BCUT2D eigenvalue weighted by molar-refractivity contribution is 5.68. The Hall–Kier alpha value is -0.810. The molecule has 2 rings (SSSR count). The molecule has 2 unspecified atom stereocenters. The smallest absolute Gasteiger partial charge is 0.410 e. The van der Waals surface area contributed by atoms with Crippen LogP contribution in [0.25, 0.3) is 0 Å². The lowest BCUT2D eigenvalue weighted by Gasteiger charge is -2.34. The van der Waals surface area contributed by atoms with Gasteiger partial charge in [0.2, 0.25) is 0 Å². The summed E-state index contributed by atoms with van der Waals surface area (Å²) in [6.07, 6.45) is 2.27. The van der Waals surface area contributed by atoms with Crippen molar-refractivity contribution in [2.75, 3.05) is 26.3 Å². The van der Waals surface area contributed by atoms with E-state index in [1.807, 2.05) is 20.8 Å². The first-order valence-corrected chi connectivity index (χ1v) is 6.65. The third kappa shape index (κ3) is 4.46. The highest BCUT2D eigenvalue weighted by Crippen LogP contribution is 2.20. The molecule has 0 aliphatic carbocycles. The third-order valence-electron chi connectivity index (χ3n) is 3.00. The molecule has 0 bridgehead atoms. The lowest BCUT2D eigenvalue weighted by Crippen LogP contribution is -2.47. The summed E-state index contributed by atoms with van der Waals surface area (Å²) in [6, 6.07) is 0. The maximum Gasteiger partial charge on any atom is 0.410 e. The molecule has 2 aliphatic heterocycles. The number of amides is 1. The number of hydrogen-bond donors (Lipinski definition) is 0. The number of carbonyl (C=O) groups excluding carboxylic acids is 1. The number of nitrogens with zero attached hydrogens (tertiary/aromatic N) is 1. The maximum absolute atomic E-state index is 11.9.